The Labute approximate surface area is 97.3 Å². The van der Waals surface area contributed by atoms with Crippen LogP contribution < -0.4 is 0 Å². The lowest BCUT2D eigenvalue weighted by atomic mass is 10.1. The van der Waals surface area contributed by atoms with Crippen molar-refractivity contribution in [3.63, 3.8) is 0 Å². The van der Waals surface area contributed by atoms with Crippen molar-refractivity contribution in [3.8, 4) is 0 Å². The molecule has 7 heteroatoms. The van der Waals surface area contributed by atoms with Gasteiger partial charge in [-0.1, -0.05) is 6.07 Å². The van der Waals surface area contributed by atoms with Gasteiger partial charge in [0.2, 0.25) is 0 Å². The molecule has 1 aromatic rings. The van der Waals surface area contributed by atoms with Crippen LogP contribution in [0.25, 0.3) is 6.08 Å². The van der Waals surface area contributed by atoms with Crippen LogP contribution in [0.1, 0.15) is 5.56 Å². The van der Waals surface area contributed by atoms with Gasteiger partial charge in [0, 0.05) is 20.2 Å². The maximum Gasteiger partial charge on any atom is 0.353 e. The Morgan fingerprint density at radius 3 is 2.29 bits per heavy atom. The number of nitro benzene ring substituents is 2. The van der Waals surface area contributed by atoms with Crippen molar-refractivity contribution in [2.75, 3.05) is 14.1 Å². The van der Waals surface area contributed by atoms with Crippen LogP contribution in [0.3, 0.4) is 0 Å². The molecule has 17 heavy (non-hydrogen) atoms. The lowest BCUT2D eigenvalue weighted by Crippen LogP contribution is -2.01. The number of nitrogens with zero attached hydrogens (tertiary/aromatic N) is 3. The minimum atomic E-state index is -0.759. The molecule has 0 amide bonds. The molecule has 7 nitrogen and oxygen atoms in total. The number of para-hydroxylation sites is 1. The number of nitro groups is 2. The van der Waals surface area contributed by atoms with Crippen LogP contribution >= 0.6 is 0 Å². The van der Waals surface area contributed by atoms with Crippen molar-refractivity contribution in [1.82, 2.24) is 4.90 Å². The Kier molecular flexibility index (Phi) is 3.76. The first kappa shape index (κ1) is 12.6. The predicted molar refractivity (Wildman–Crippen MR) is 62.5 cm³/mol. The number of rotatable bonds is 4. The Morgan fingerprint density at radius 1 is 1.18 bits per heavy atom. The van der Waals surface area contributed by atoms with Crippen LogP contribution in [-0.4, -0.2) is 28.8 Å². The van der Waals surface area contributed by atoms with Crippen LogP contribution in [0.2, 0.25) is 0 Å². The molecule has 0 aliphatic carbocycles. The van der Waals surface area contributed by atoms with Gasteiger partial charge in [-0.2, -0.15) is 0 Å². The van der Waals surface area contributed by atoms with Crippen LogP contribution in [-0.2, 0) is 0 Å². The van der Waals surface area contributed by atoms with Crippen molar-refractivity contribution in [2.45, 2.75) is 0 Å². The maximum absolute atomic E-state index is 10.8. The van der Waals surface area contributed by atoms with E-state index in [9.17, 15) is 20.2 Å². The molecule has 0 heterocycles. The van der Waals surface area contributed by atoms with Crippen molar-refractivity contribution >= 4 is 17.5 Å². The zero-order valence-electron chi connectivity index (χ0n) is 9.36. The molecule has 0 atom stereocenters. The van der Waals surface area contributed by atoms with Gasteiger partial charge in [-0.05, 0) is 18.3 Å². The van der Waals surface area contributed by atoms with E-state index < -0.39 is 21.2 Å². The lowest BCUT2D eigenvalue weighted by Gasteiger charge is -2.03. The molecule has 0 unspecified atom stereocenters. The second kappa shape index (κ2) is 5.06. The highest BCUT2D eigenvalue weighted by Crippen LogP contribution is 2.31. The molecular formula is C10H11N3O4. The predicted octanol–water partition coefficient (Wildman–Crippen LogP) is 2.04. The summed E-state index contributed by atoms with van der Waals surface area (Å²) in [5, 5.41) is 21.5. The maximum atomic E-state index is 10.8. The van der Waals surface area contributed by atoms with E-state index in [0.29, 0.717) is 0 Å². The van der Waals surface area contributed by atoms with E-state index in [-0.39, 0.29) is 5.56 Å². The molecule has 0 fully saturated rings. The summed E-state index contributed by atoms with van der Waals surface area (Å²) in [6.07, 6.45) is 3.05. The minimum Gasteiger partial charge on any atom is -0.383 e. The molecule has 0 saturated heterocycles. The van der Waals surface area contributed by atoms with Crippen molar-refractivity contribution in [3.05, 3.63) is 50.2 Å². The fourth-order valence-corrected chi connectivity index (χ4v) is 1.26. The Hall–Kier alpha value is -2.44. The van der Waals surface area contributed by atoms with Gasteiger partial charge in [0.05, 0.1) is 15.4 Å². The van der Waals surface area contributed by atoms with Gasteiger partial charge in [0.1, 0.15) is 0 Å². The first-order valence-corrected chi connectivity index (χ1v) is 4.70. The third-order valence-electron chi connectivity index (χ3n) is 1.98. The van der Waals surface area contributed by atoms with E-state index in [1.54, 1.807) is 25.2 Å². The van der Waals surface area contributed by atoms with E-state index >= 15 is 0 Å². The standard InChI is InChI=1S/C10H11N3O4/c1-11(2)7-6-8-4-3-5-9(12(14)15)10(8)13(16)17/h3-7H,1-2H3/b7-6+. The second-order valence-corrected chi connectivity index (χ2v) is 3.51. The summed E-state index contributed by atoms with van der Waals surface area (Å²) < 4.78 is 0. The normalized spacial score (nSPS) is 10.5. The summed E-state index contributed by atoms with van der Waals surface area (Å²) in [4.78, 5) is 21.7. The first-order chi connectivity index (χ1) is 7.93. The van der Waals surface area contributed by atoms with Crippen LogP contribution in [0.15, 0.2) is 24.4 Å². The summed E-state index contributed by atoms with van der Waals surface area (Å²) in [6, 6.07) is 4.00. The number of hydrogen-bond acceptors (Lipinski definition) is 5. The Balaban J connectivity index is 3.35. The van der Waals surface area contributed by atoms with Crippen LogP contribution in [0.4, 0.5) is 11.4 Å². The quantitative estimate of drug-likeness (QED) is 0.590. The van der Waals surface area contributed by atoms with Crippen LogP contribution in [0.5, 0.6) is 0 Å². The van der Waals surface area contributed by atoms with Crippen molar-refractivity contribution < 1.29 is 9.85 Å². The molecule has 0 saturated carbocycles. The topological polar surface area (TPSA) is 89.5 Å². The Morgan fingerprint density at radius 2 is 1.82 bits per heavy atom. The number of benzene rings is 1. The third kappa shape index (κ3) is 3.00. The lowest BCUT2D eigenvalue weighted by molar-refractivity contribution is -0.422. The SMILES string of the molecule is CN(C)/C=C/c1cccc([N+](=O)[O-])c1[N+](=O)[O-]. The highest BCUT2D eigenvalue weighted by atomic mass is 16.6. The zero-order valence-corrected chi connectivity index (χ0v) is 9.36. The molecule has 0 aromatic heterocycles. The first-order valence-electron chi connectivity index (χ1n) is 4.70. The van der Waals surface area contributed by atoms with Gasteiger partial charge in [0.15, 0.2) is 0 Å². The highest BCUT2D eigenvalue weighted by Gasteiger charge is 2.26. The molecule has 90 valence electrons. The summed E-state index contributed by atoms with van der Waals surface area (Å²) >= 11 is 0. The van der Waals surface area contributed by atoms with E-state index in [1.807, 2.05) is 0 Å². The third-order valence-corrected chi connectivity index (χ3v) is 1.98. The molecule has 1 rings (SSSR count). The smallest absolute Gasteiger partial charge is 0.353 e. The van der Waals surface area contributed by atoms with Gasteiger partial charge < -0.3 is 4.90 Å². The van der Waals surface area contributed by atoms with Crippen LogP contribution in [0, 0.1) is 20.2 Å². The molecule has 0 N–H and O–H groups in total. The van der Waals surface area contributed by atoms with Crippen molar-refractivity contribution in [2.24, 2.45) is 0 Å². The van der Waals surface area contributed by atoms with Gasteiger partial charge >= 0.3 is 11.4 Å². The molecule has 0 aliphatic heterocycles. The van der Waals surface area contributed by atoms with Crippen molar-refractivity contribution in [1.29, 1.82) is 0 Å². The molecular weight excluding hydrogens is 226 g/mol. The fourth-order valence-electron chi connectivity index (χ4n) is 1.26. The van der Waals surface area contributed by atoms with E-state index in [1.165, 1.54) is 18.2 Å². The van der Waals surface area contributed by atoms with Gasteiger partial charge in [-0.15, -0.1) is 0 Å². The van der Waals surface area contributed by atoms with E-state index in [4.69, 9.17) is 0 Å². The summed E-state index contributed by atoms with van der Waals surface area (Å²) in [7, 11) is 3.50. The number of hydrogen-bond donors (Lipinski definition) is 0. The average Bonchev–Trinajstić information content (AvgIpc) is 2.25. The molecule has 0 radical (unpaired) electrons. The average molecular weight is 237 g/mol. The molecule has 0 aliphatic rings. The highest BCUT2D eigenvalue weighted by molar-refractivity contribution is 5.69. The summed E-state index contributed by atoms with van der Waals surface area (Å²) in [6.45, 7) is 0. The molecule has 1 aromatic carbocycles. The molecule has 0 spiro atoms. The minimum absolute atomic E-state index is 0.206. The van der Waals surface area contributed by atoms with Gasteiger partial charge in [-0.25, -0.2) is 0 Å². The second-order valence-electron chi connectivity index (χ2n) is 3.51. The van der Waals surface area contributed by atoms with Gasteiger partial charge in [-0.3, -0.25) is 20.2 Å². The summed E-state index contributed by atoms with van der Waals surface area (Å²) in [5.74, 6) is 0. The fraction of sp³-hybridized carbons (Fsp3) is 0.200. The summed E-state index contributed by atoms with van der Waals surface area (Å²) in [5.41, 5.74) is -0.788. The zero-order chi connectivity index (χ0) is 13.0. The monoisotopic (exact) mass is 237 g/mol. The molecule has 0 bridgehead atoms. The van der Waals surface area contributed by atoms with Gasteiger partial charge in [0.25, 0.3) is 0 Å². The van der Waals surface area contributed by atoms with E-state index in [2.05, 4.69) is 0 Å². The Bertz CT molecular complexity index is 482. The largest absolute Gasteiger partial charge is 0.383 e. The van der Waals surface area contributed by atoms with E-state index in [0.717, 1.165) is 6.07 Å².